The summed E-state index contributed by atoms with van der Waals surface area (Å²) in [6.07, 6.45) is 0. The van der Waals surface area contributed by atoms with Crippen LogP contribution in [0.5, 0.6) is 0 Å². The minimum absolute atomic E-state index is 0.203. The number of nitriles is 1. The second kappa shape index (κ2) is 4.33. The highest BCUT2D eigenvalue weighted by Crippen LogP contribution is 2.32. The molecule has 0 radical (unpaired) electrons. The average Bonchev–Trinajstić information content (AvgIpc) is 2.27. The van der Waals surface area contributed by atoms with Crippen molar-refractivity contribution in [3.05, 3.63) is 35.4 Å². The van der Waals surface area contributed by atoms with E-state index in [4.69, 9.17) is 5.26 Å². The van der Waals surface area contributed by atoms with Crippen molar-refractivity contribution in [2.45, 2.75) is 40.0 Å². The van der Waals surface area contributed by atoms with E-state index in [1.54, 1.807) is 12.1 Å². The van der Waals surface area contributed by atoms with Gasteiger partial charge in [0.05, 0.1) is 11.6 Å². The summed E-state index contributed by atoms with van der Waals surface area (Å²) in [6.45, 7) is 9.66. The van der Waals surface area contributed by atoms with Crippen LogP contribution in [0.15, 0.2) is 24.3 Å². The maximum Gasteiger partial charge on any atom is 0.148 e. The second-order valence-corrected chi connectivity index (χ2v) is 5.89. The Morgan fingerprint density at radius 1 is 1.06 bits per heavy atom. The predicted molar refractivity (Wildman–Crippen MR) is 68.6 cm³/mol. The Kier molecular flexibility index (Phi) is 3.43. The van der Waals surface area contributed by atoms with Crippen LogP contribution in [0.2, 0.25) is 0 Å². The number of ketones is 1. The Hall–Kier alpha value is -1.62. The van der Waals surface area contributed by atoms with E-state index in [-0.39, 0.29) is 11.2 Å². The first-order valence-electron chi connectivity index (χ1n) is 5.75. The van der Waals surface area contributed by atoms with Crippen molar-refractivity contribution in [2.75, 3.05) is 0 Å². The summed E-state index contributed by atoms with van der Waals surface area (Å²) in [5.41, 5.74) is 0.688. The van der Waals surface area contributed by atoms with E-state index < -0.39 is 5.41 Å². The Balaban J connectivity index is 3.13. The molecule has 2 heteroatoms. The Morgan fingerprint density at radius 2 is 1.53 bits per heavy atom. The summed E-state index contributed by atoms with van der Waals surface area (Å²) >= 11 is 0. The smallest absolute Gasteiger partial charge is 0.148 e. The molecule has 0 unspecified atom stereocenters. The molecule has 17 heavy (non-hydrogen) atoms. The highest BCUT2D eigenvalue weighted by molar-refractivity contribution is 5.93. The van der Waals surface area contributed by atoms with Crippen molar-refractivity contribution < 1.29 is 4.79 Å². The zero-order valence-electron chi connectivity index (χ0n) is 11.2. The normalized spacial score (nSPS) is 12.0. The van der Waals surface area contributed by atoms with Crippen LogP contribution in [0.3, 0.4) is 0 Å². The molecule has 1 rings (SSSR count). The molecule has 0 bridgehead atoms. The third-order valence-electron chi connectivity index (χ3n) is 2.98. The third kappa shape index (κ3) is 2.74. The van der Waals surface area contributed by atoms with E-state index in [1.807, 2.05) is 46.8 Å². The molecular weight excluding hydrogens is 210 g/mol. The van der Waals surface area contributed by atoms with Gasteiger partial charge in [-0.25, -0.2) is 0 Å². The van der Waals surface area contributed by atoms with Crippen molar-refractivity contribution in [1.82, 2.24) is 0 Å². The van der Waals surface area contributed by atoms with Crippen molar-refractivity contribution in [1.29, 1.82) is 5.26 Å². The van der Waals surface area contributed by atoms with E-state index in [2.05, 4.69) is 6.07 Å². The third-order valence-corrected chi connectivity index (χ3v) is 2.98. The molecule has 90 valence electrons. The van der Waals surface area contributed by atoms with Crippen molar-refractivity contribution in [3.8, 4) is 6.07 Å². The van der Waals surface area contributed by atoms with E-state index in [9.17, 15) is 4.79 Å². The predicted octanol–water partition coefficient (Wildman–Crippen LogP) is 3.45. The Bertz CT molecular complexity index is 455. The van der Waals surface area contributed by atoms with Gasteiger partial charge in [0.15, 0.2) is 0 Å². The van der Waals surface area contributed by atoms with Crippen LogP contribution < -0.4 is 0 Å². The van der Waals surface area contributed by atoms with Crippen molar-refractivity contribution in [2.24, 2.45) is 5.41 Å². The number of carbonyl (C=O) groups is 1. The Labute approximate surface area is 103 Å². The number of nitrogens with zero attached hydrogens (tertiary/aromatic N) is 1. The van der Waals surface area contributed by atoms with Crippen LogP contribution in [0.1, 0.15) is 45.7 Å². The molecule has 0 amide bonds. The number of carbonyl (C=O) groups excluding carboxylic acids is 1. The molecule has 0 aliphatic heterocycles. The summed E-state index contributed by atoms with van der Waals surface area (Å²) in [4.78, 5) is 12.4. The topological polar surface area (TPSA) is 40.9 Å². The van der Waals surface area contributed by atoms with Gasteiger partial charge in [-0.3, -0.25) is 4.79 Å². The van der Waals surface area contributed by atoms with Gasteiger partial charge >= 0.3 is 0 Å². The first kappa shape index (κ1) is 13.4. The summed E-state index contributed by atoms with van der Waals surface area (Å²) in [5.74, 6) is 0.203. The molecule has 0 heterocycles. The maximum atomic E-state index is 12.4. The van der Waals surface area contributed by atoms with Gasteiger partial charge < -0.3 is 0 Å². The largest absolute Gasteiger partial charge is 0.298 e. The lowest BCUT2D eigenvalue weighted by Crippen LogP contribution is -2.38. The van der Waals surface area contributed by atoms with Gasteiger partial charge in [0, 0.05) is 10.8 Å². The molecule has 0 N–H and O–H groups in total. The first-order chi connectivity index (χ1) is 7.69. The van der Waals surface area contributed by atoms with Crippen LogP contribution >= 0.6 is 0 Å². The standard InChI is InChI=1S/C15H19NO/c1-14(2,3)13(17)15(4,5)12-8-6-11(10-16)7-9-12/h6-9H,1-5H3. The number of hydrogen-bond acceptors (Lipinski definition) is 2. The van der Waals surface area contributed by atoms with Crippen molar-refractivity contribution >= 4 is 5.78 Å². The summed E-state index contributed by atoms with van der Waals surface area (Å²) in [6, 6.07) is 9.32. The van der Waals surface area contributed by atoms with Gasteiger partial charge in [0.2, 0.25) is 0 Å². The van der Waals surface area contributed by atoms with Gasteiger partial charge in [0.1, 0.15) is 5.78 Å². The van der Waals surface area contributed by atoms with E-state index in [0.29, 0.717) is 5.56 Å². The molecule has 0 saturated heterocycles. The second-order valence-electron chi connectivity index (χ2n) is 5.89. The van der Waals surface area contributed by atoms with Gasteiger partial charge in [-0.2, -0.15) is 5.26 Å². The molecule has 0 fully saturated rings. The lowest BCUT2D eigenvalue weighted by atomic mass is 9.71. The maximum absolute atomic E-state index is 12.4. The summed E-state index contributed by atoms with van der Waals surface area (Å²) in [7, 11) is 0. The molecule has 2 nitrogen and oxygen atoms in total. The zero-order chi connectivity index (χ0) is 13.3. The van der Waals surface area contributed by atoms with Gasteiger partial charge in [-0.15, -0.1) is 0 Å². The number of Topliss-reactive ketones (excluding diaryl/α,β-unsaturated/α-hetero) is 1. The molecule has 0 spiro atoms. The molecule has 0 aromatic heterocycles. The summed E-state index contributed by atoms with van der Waals surface area (Å²) < 4.78 is 0. The van der Waals surface area contributed by atoms with Gasteiger partial charge in [0.25, 0.3) is 0 Å². The first-order valence-corrected chi connectivity index (χ1v) is 5.75. The van der Waals surface area contributed by atoms with E-state index in [0.717, 1.165) is 5.56 Å². The minimum Gasteiger partial charge on any atom is -0.298 e. The number of hydrogen-bond donors (Lipinski definition) is 0. The fourth-order valence-electron chi connectivity index (χ4n) is 2.03. The Morgan fingerprint density at radius 3 is 1.88 bits per heavy atom. The average molecular weight is 229 g/mol. The van der Waals surface area contributed by atoms with Crippen molar-refractivity contribution in [3.63, 3.8) is 0 Å². The van der Waals surface area contributed by atoms with Crippen LogP contribution in [0, 0.1) is 16.7 Å². The highest BCUT2D eigenvalue weighted by atomic mass is 16.1. The summed E-state index contributed by atoms with van der Waals surface area (Å²) in [5, 5.41) is 8.75. The molecular formula is C15H19NO. The van der Waals surface area contributed by atoms with Gasteiger partial charge in [-0.1, -0.05) is 32.9 Å². The number of benzene rings is 1. The quantitative estimate of drug-likeness (QED) is 0.779. The van der Waals surface area contributed by atoms with Crippen LogP contribution in [0.25, 0.3) is 0 Å². The fourth-order valence-corrected chi connectivity index (χ4v) is 2.03. The lowest BCUT2D eigenvalue weighted by molar-refractivity contribution is -0.131. The zero-order valence-corrected chi connectivity index (χ0v) is 11.2. The van der Waals surface area contributed by atoms with Crippen LogP contribution in [-0.2, 0) is 10.2 Å². The monoisotopic (exact) mass is 229 g/mol. The minimum atomic E-state index is -0.522. The number of rotatable bonds is 2. The molecule has 1 aromatic carbocycles. The molecule has 0 aliphatic rings. The molecule has 0 atom stereocenters. The molecule has 0 aliphatic carbocycles. The fraction of sp³-hybridized carbons (Fsp3) is 0.467. The van der Waals surface area contributed by atoms with E-state index >= 15 is 0 Å². The highest BCUT2D eigenvalue weighted by Gasteiger charge is 2.37. The van der Waals surface area contributed by atoms with Gasteiger partial charge in [-0.05, 0) is 31.5 Å². The molecule has 1 aromatic rings. The van der Waals surface area contributed by atoms with E-state index in [1.165, 1.54) is 0 Å². The molecule has 0 saturated carbocycles. The van der Waals surface area contributed by atoms with Crippen LogP contribution in [-0.4, -0.2) is 5.78 Å². The van der Waals surface area contributed by atoms with Crippen LogP contribution in [0.4, 0.5) is 0 Å². The lowest BCUT2D eigenvalue weighted by Gasteiger charge is -2.31. The SMILES string of the molecule is CC(C)(C)C(=O)C(C)(C)c1ccc(C#N)cc1.